The molecule has 4 heteroatoms. The lowest BCUT2D eigenvalue weighted by atomic mass is 10.1. The number of rotatable bonds is 7. The number of benzene rings is 2. The van der Waals surface area contributed by atoms with E-state index in [2.05, 4.69) is 41.1 Å². The van der Waals surface area contributed by atoms with Crippen molar-refractivity contribution in [2.24, 2.45) is 0 Å². The zero-order chi connectivity index (χ0) is 17.5. The molecule has 4 nitrogen and oxygen atoms in total. The minimum atomic E-state index is 0.0251. The monoisotopic (exact) mass is 340 g/mol. The lowest BCUT2D eigenvalue weighted by molar-refractivity contribution is 0.122. The van der Waals surface area contributed by atoms with Gasteiger partial charge in [-0.1, -0.05) is 42.5 Å². The number of para-hydroxylation sites is 2. The molecule has 1 atom stereocenters. The molecule has 134 valence electrons. The molecule has 1 saturated heterocycles. The van der Waals surface area contributed by atoms with Gasteiger partial charge in [0.25, 0.3) is 0 Å². The number of nitrogens with zero attached hydrogens (tertiary/aromatic N) is 2. The van der Waals surface area contributed by atoms with Crippen LogP contribution in [0.3, 0.4) is 0 Å². The second-order valence-electron chi connectivity index (χ2n) is 6.60. The third-order valence-corrected chi connectivity index (χ3v) is 4.81. The first kappa shape index (κ1) is 17.8. The first-order valence-corrected chi connectivity index (χ1v) is 9.02. The summed E-state index contributed by atoms with van der Waals surface area (Å²) in [5, 5.41) is 0. The summed E-state index contributed by atoms with van der Waals surface area (Å²) in [6.45, 7) is 5.59. The van der Waals surface area contributed by atoms with Crippen molar-refractivity contribution in [3.63, 3.8) is 0 Å². The van der Waals surface area contributed by atoms with Gasteiger partial charge in [-0.15, -0.1) is 0 Å². The molecule has 0 amide bonds. The van der Waals surface area contributed by atoms with Gasteiger partial charge in [-0.05, 0) is 24.7 Å². The van der Waals surface area contributed by atoms with Crippen molar-refractivity contribution in [1.82, 2.24) is 9.80 Å². The maximum Gasteiger partial charge on any atom is 0.162 e. The first-order chi connectivity index (χ1) is 12.3. The van der Waals surface area contributed by atoms with Gasteiger partial charge >= 0.3 is 0 Å². The Morgan fingerprint density at radius 1 is 0.880 bits per heavy atom. The Bertz CT molecular complexity index is 639. The van der Waals surface area contributed by atoms with Crippen molar-refractivity contribution in [2.75, 3.05) is 46.9 Å². The van der Waals surface area contributed by atoms with E-state index in [1.165, 1.54) is 5.56 Å². The number of methoxy groups -OCH3 is 1. The minimum Gasteiger partial charge on any atom is -0.493 e. The van der Waals surface area contributed by atoms with Crippen LogP contribution in [0, 0.1) is 0 Å². The highest BCUT2D eigenvalue weighted by molar-refractivity contribution is 5.40. The van der Waals surface area contributed by atoms with Crippen molar-refractivity contribution >= 4 is 0 Å². The highest BCUT2D eigenvalue weighted by atomic mass is 16.5. The molecule has 0 N–H and O–H groups in total. The van der Waals surface area contributed by atoms with Gasteiger partial charge in [-0.25, -0.2) is 0 Å². The van der Waals surface area contributed by atoms with Crippen molar-refractivity contribution < 1.29 is 9.47 Å². The Morgan fingerprint density at radius 3 is 2.20 bits per heavy atom. The van der Waals surface area contributed by atoms with Crippen LogP contribution in [0.25, 0.3) is 0 Å². The number of hydrogen-bond acceptors (Lipinski definition) is 4. The molecule has 3 rings (SSSR count). The Labute approximate surface area is 151 Å². The van der Waals surface area contributed by atoms with E-state index in [1.807, 2.05) is 30.3 Å². The summed E-state index contributed by atoms with van der Waals surface area (Å²) in [4.78, 5) is 4.91. The summed E-state index contributed by atoms with van der Waals surface area (Å²) in [6.07, 6.45) is 0.989. The van der Waals surface area contributed by atoms with Crippen LogP contribution in [0.1, 0.15) is 18.1 Å². The summed E-state index contributed by atoms with van der Waals surface area (Å²) < 4.78 is 11.8. The Balaban J connectivity index is 1.69. The third-order valence-electron chi connectivity index (χ3n) is 4.81. The van der Waals surface area contributed by atoms with Crippen molar-refractivity contribution in [2.45, 2.75) is 12.5 Å². The summed E-state index contributed by atoms with van der Waals surface area (Å²) in [5.41, 5.74) is 1.21. The minimum absolute atomic E-state index is 0.0251. The van der Waals surface area contributed by atoms with Crippen molar-refractivity contribution in [1.29, 1.82) is 0 Å². The quantitative estimate of drug-likeness (QED) is 0.771. The van der Waals surface area contributed by atoms with Crippen molar-refractivity contribution in [3.8, 4) is 11.5 Å². The lowest BCUT2D eigenvalue weighted by Gasteiger charge is -2.33. The molecule has 1 aliphatic heterocycles. The van der Waals surface area contributed by atoms with E-state index >= 15 is 0 Å². The molecule has 0 bridgehead atoms. The van der Waals surface area contributed by atoms with E-state index in [9.17, 15) is 0 Å². The smallest absolute Gasteiger partial charge is 0.162 e. The number of likely N-dealkylation sites (N-methyl/N-ethyl adjacent to an activating group) is 1. The molecule has 0 aromatic heterocycles. The molecule has 2 aromatic rings. The molecule has 2 aromatic carbocycles. The molecular weight excluding hydrogens is 312 g/mol. The van der Waals surface area contributed by atoms with E-state index in [-0.39, 0.29) is 6.10 Å². The van der Waals surface area contributed by atoms with Crippen LogP contribution < -0.4 is 9.47 Å². The van der Waals surface area contributed by atoms with Crippen LogP contribution in [0.2, 0.25) is 0 Å². The molecule has 0 radical (unpaired) electrons. The Hall–Kier alpha value is -2.04. The molecule has 0 unspecified atom stereocenters. The van der Waals surface area contributed by atoms with E-state index in [1.54, 1.807) is 7.11 Å². The van der Waals surface area contributed by atoms with E-state index < -0.39 is 0 Å². The van der Waals surface area contributed by atoms with Crippen LogP contribution in [-0.2, 0) is 0 Å². The van der Waals surface area contributed by atoms with Gasteiger partial charge in [-0.3, -0.25) is 0 Å². The Morgan fingerprint density at radius 2 is 1.52 bits per heavy atom. The fraction of sp³-hybridized carbons (Fsp3) is 0.429. The highest BCUT2D eigenvalue weighted by Crippen LogP contribution is 2.32. The topological polar surface area (TPSA) is 24.9 Å². The fourth-order valence-electron chi connectivity index (χ4n) is 3.20. The second kappa shape index (κ2) is 8.88. The second-order valence-corrected chi connectivity index (χ2v) is 6.60. The number of hydrogen-bond donors (Lipinski definition) is 0. The van der Waals surface area contributed by atoms with Gasteiger partial charge in [0.2, 0.25) is 0 Å². The van der Waals surface area contributed by atoms with Crippen molar-refractivity contribution in [3.05, 3.63) is 60.2 Å². The zero-order valence-corrected chi connectivity index (χ0v) is 15.2. The predicted octanol–water partition coefficient (Wildman–Crippen LogP) is 3.45. The van der Waals surface area contributed by atoms with Gasteiger partial charge in [-0.2, -0.15) is 0 Å². The van der Waals surface area contributed by atoms with Gasteiger partial charge in [0.15, 0.2) is 11.5 Å². The van der Waals surface area contributed by atoms with E-state index in [0.717, 1.165) is 50.6 Å². The summed E-state index contributed by atoms with van der Waals surface area (Å²) >= 11 is 0. The van der Waals surface area contributed by atoms with E-state index in [0.29, 0.717) is 0 Å². The van der Waals surface area contributed by atoms with Gasteiger partial charge < -0.3 is 19.3 Å². The largest absolute Gasteiger partial charge is 0.493 e. The lowest BCUT2D eigenvalue weighted by Crippen LogP contribution is -2.45. The normalized spacial score (nSPS) is 17.2. The van der Waals surface area contributed by atoms with E-state index in [4.69, 9.17) is 9.47 Å². The van der Waals surface area contributed by atoms with Gasteiger partial charge in [0, 0.05) is 39.1 Å². The molecular formula is C21H28N2O2. The summed E-state index contributed by atoms with van der Waals surface area (Å²) in [6, 6.07) is 18.3. The van der Waals surface area contributed by atoms with Gasteiger partial charge in [0.1, 0.15) is 6.10 Å². The average molecular weight is 340 g/mol. The van der Waals surface area contributed by atoms with Crippen LogP contribution in [0.4, 0.5) is 0 Å². The predicted molar refractivity (Wildman–Crippen MR) is 101 cm³/mol. The average Bonchev–Trinajstić information content (AvgIpc) is 2.67. The molecule has 0 saturated carbocycles. The molecule has 1 aliphatic rings. The summed E-state index contributed by atoms with van der Waals surface area (Å²) in [7, 11) is 3.87. The maximum absolute atomic E-state index is 6.37. The molecule has 1 fully saturated rings. The molecule has 0 spiro atoms. The molecule has 1 heterocycles. The van der Waals surface area contributed by atoms with Gasteiger partial charge in [0.05, 0.1) is 7.11 Å². The van der Waals surface area contributed by atoms with Crippen LogP contribution >= 0.6 is 0 Å². The summed E-state index contributed by atoms with van der Waals surface area (Å²) in [5.74, 6) is 1.58. The Kier molecular flexibility index (Phi) is 6.31. The highest BCUT2D eigenvalue weighted by Gasteiger charge is 2.19. The molecule has 0 aliphatic carbocycles. The number of piperazine rings is 1. The zero-order valence-electron chi connectivity index (χ0n) is 15.2. The first-order valence-electron chi connectivity index (χ1n) is 9.02. The SMILES string of the molecule is COc1ccccc1O[C@H](CCN1CCN(C)CC1)c1ccccc1. The number of ether oxygens (including phenoxy) is 2. The van der Waals surface area contributed by atoms with Crippen LogP contribution in [0.15, 0.2) is 54.6 Å². The van der Waals surface area contributed by atoms with Crippen LogP contribution in [0.5, 0.6) is 11.5 Å². The fourth-order valence-corrected chi connectivity index (χ4v) is 3.20. The van der Waals surface area contributed by atoms with Crippen LogP contribution in [-0.4, -0.2) is 56.7 Å². The maximum atomic E-state index is 6.37. The third kappa shape index (κ3) is 4.97. The standard InChI is InChI=1S/C21H28N2O2/c1-22-14-16-23(17-15-22)13-12-19(18-8-4-3-5-9-18)25-21-11-7-6-10-20(21)24-2/h3-11,19H,12-17H2,1-2H3/t19-/m1/s1. The molecule has 25 heavy (non-hydrogen) atoms.